The van der Waals surface area contributed by atoms with E-state index >= 15 is 0 Å². The van der Waals surface area contributed by atoms with Gasteiger partial charge in [-0.2, -0.15) is 5.10 Å². The molecule has 4 nitrogen and oxygen atoms in total. The van der Waals surface area contributed by atoms with Crippen molar-refractivity contribution < 1.29 is 0 Å². The average molecular weight is 210 g/mol. The van der Waals surface area contributed by atoms with E-state index in [2.05, 4.69) is 22.3 Å². The van der Waals surface area contributed by atoms with E-state index in [1.165, 1.54) is 0 Å². The van der Waals surface area contributed by atoms with Gasteiger partial charge in [-0.15, -0.1) is 0 Å². The van der Waals surface area contributed by atoms with E-state index in [4.69, 9.17) is 0 Å². The van der Waals surface area contributed by atoms with Crippen LogP contribution in [-0.2, 0) is 13.6 Å². The molecule has 1 aromatic heterocycles. The summed E-state index contributed by atoms with van der Waals surface area (Å²) in [5.41, 5.74) is 1.05. The van der Waals surface area contributed by atoms with Gasteiger partial charge in [-0.05, 0) is 6.07 Å². The van der Waals surface area contributed by atoms with Crippen LogP contribution in [-0.4, -0.2) is 26.7 Å². The summed E-state index contributed by atoms with van der Waals surface area (Å²) in [5, 5.41) is 9.22. The first-order valence-electron chi connectivity index (χ1n) is 4.67. The quantitative estimate of drug-likeness (QED) is 0.792. The van der Waals surface area contributed by atoms with Crippen molar-refractivity contribution in [2.24, 2.45) is 12.0 Å². The fraction of sp³-hybridized carbons (Fsp3) is 0.556. The second kappa shape index (κ2) is 4.04. The number of thioether (sulfide) groups is 1. The third-order valence-electron chi connectivity index (χ3n) is 1.99. The smallest absolute Gasteiger partial charge is 0.157 e. The van der Waals surface area contributed by atoms with Crippen LogP contribution < -0.4 is 5.32 Å². The lowest BCUT2D eigenvalue weighted by Crippen LogP contribution is -2.19. The average Bonchev–Trinajstić information content (AvgIpc) is 2.72. The largest absolute Gasteiger partial charge is 0.359 e. The van der Waals surface area contributed by atoms with E-state index in [9.17, 15) is 0 Å². The lowest BCUT2D eigenvalue weighted by molar-refractivity contribution is 0.731. The second-order valence-electron chi connectivity index (χ2n) is 3.41. The first kappa shape index (κ1) is 9.58. The topological polar surface area (TPSA) is 42.2 Å². The van der Waals surface area contributed by atoms with Crippen LogP contribution in [0.25, 0.3) is 0 Å². The summed E-state index contributed by atoms with van der Waals surface area (Å²) in [5.74, 6) is 0. The maximum absolute atomic E-state index is 4.37. The highest BCUT2D eigenvalue weighted by molar-refractivity contribution is 8.14. The van der Waals surface area contributed by atoms with Gasteiger partial charge in [0.15, 0.2) is 5.17 Å². The Morgan fingerprint density at radius 2 is 2.57 bits per heavy atom. The molecule has 1 aromatic rings. The first-order valence-corrected chi connectivity index (χ1v) is 5.55. The molecule has 5 heteroatoms. The van der Waals surface area contributed by atoms with E-state index < -0.39 is 0 Å². The van der Waals surface area contributed by atoms with Crippen LogP contribution in [0.1, 0.15) is 12.6 Å². The predicted octanol–water partition coefficient (Wildman–Crippen LogP) is 1.00. The Kier molecular flexibility index (Phi) is 2.77. The molecule has 1 aliphatic rings. The Balaban J connectivity index is 1.83. The molecule has 0 amide bonds. The molecule has 0 aromatic carbocycles. The third kappa shape index (κ3) is 2.29. The minimum atomic E-state index is 0.612. The standard InChI is InChI=1S/C9H14N4S/c1-7-5-10-9(14-7)11-6-8-3-4-13(2)12-8/h3-4,7H,5-6H2,1-2H3,(H,10,11). The van der Waals surface area contributed by atoms with E-state index in [-0.39, 0.29) is 0 Å². The van der Waals surface area contributed by atoms with Crippen LogP contribution in [0.5, 0.6) is 0 Å². The molecular weight excluding hydrogens is 196 g/mol. The number of hydrogen-bond donors (Lipinski definition) is 1. The van der Waals surface area contributed by atoms with Crippen molar-refractivity contribution in [2.75, 3.05) is 6.54 Å². The van der Waals surface area contributed by atoms with Crippen LogP contribution in [0.4, 0.5) is 0 Å². The summed E-state index contributed by atoms with van der Waals surface area (Å²) in [6, 6.07) is 2.01. The molecule has 0 saturated heterocycles. The number of nitrogens with one attached hydrogen (secondary N) is 1. The minimum Gasteiger partial charge on any atom is -0.359 e. The summed E-state index contributed by atoms with van der Waals surface area (Å²) in [4.78, 5) is 4.37. The lowest BCUT2D eigenvalue weighted by Gasteiger charge is -2.03. The van der Waals surface area contributed by atoms with E-state index in [0.29, 0.717) is 5.25 Å². The van der Waals surface area contributed by atoms with Gasteiger partial charge in [-0.25, -0.2) is 0 Å². The molecule has 2 rings (SSSR count). The molecule has 1 aliphatic heterocycles. The molecule has 1 N–H and O–H groups in total. The van der Waals surface area contributed by atoms with E-state index in [1.807, 2.05) is 24.0 Å². The van der Waals surface area contributed by atoms with Gasteiger partial charge < -0.3 is 5.32 Å². The van der Waals surface area contributed by atoms with Gasteiger partial charge in [-0.1, -0.05) is 18.7 Å². The molecule has 0 aliphatic carbocycles. The molecule has 76 valence electrons. The molecule has 0 bridgehead atoms. The van der Waals surface area contributed by atoms with Crippen molar-refractivity contribution in [1.29, 1.82) is 0 Å². The fourth-order valence-corrected chi connectivity index (χ4v) is 2.13. The van der Waals surface area contributed by atoms with Crippen LogP contribution in [0.2, 0.25) is 0 Å². The molecule has 1 atom stereocenters. The highest BCUT2D eigenvalue weighted by Crippen LogP contribution is 2.18. The predicted molar refractivity (Wildman–Crippen MR) is 59.4 cm³/mol. The van der Waals surface area contributed by atoms with Crippen LogP contribution in [0.15, 0.2) is 17.3 Å². The number of nitrogens with zero attached hydrogens (tertiary/aromatic N) is 3. The van der Waals surface area contributed by atoms with Gasteiger partial charge in [-0.3, -0.25) is 9.67 Å². The van der Waals surface area contributed by atoms with Gasteiger partial charge in [0, 0.05) is 18.5 Å². The summed E-state index contributed by atoms with van der Waals surface area (Å²) in [7, 11) is 1.92. The Morgan fingerprint density at radius 1 is 1.71 bits per heavy atom. The molecule has 2 heterocycles. The molecule has 0 fully saturated rings. The van der Waals surface area contributed by atoms with Crippen molar-refractivity contribution in [1.82, 2.24) is 15.1 Å². The van der Waals surface area contributed by atoms with Crippen LogP contribution in [0.3, 0.4) is 0 Å². The second-order valence-corrected chi connectivity index (χ2v) is 4.84. The lowest BCUT2D eigenvalue weighted by atomic mass is 10.4. The number of rotatable bonds is 2. The normalized spacial score (nSPS) is 21.0. The highest BCUT2D eigenvalue weighted by atomic mass is 32.2. The summed E-state index contributed by atoms with van der Waals surface area (Å²) >= 11 is 1.80. The van der Waals surface area contributed by atoms with E-state index in [0.717, 1.165) is 24.0 Å². The SMILES string of the molecule is CC1CN=C(NCc2ccn(C)n2)S1. The molecule has 14 heavy (non-hydrogen) atoms. The number of amidine groups is 1. The van der Waals surface area contributed by atoms with Crippen molar-refractivity contribution in [3.63, 3.8) is 0 Å². The van der Waals surface area contributed by atoms with E-state index in [1.54, 1.807) is 11.8 Å². The van der Waals surface area contributed by atoms with Gasteiger partial charge in [0.1, 0.15) is 0 Å². The van der Waals surface area contributed by atoms with Gasteiger partial charge in [0.25, 0.3) is 0 Å². The zero-order valence-corrected chi connectivity index (χ0v) is 9.21. The summed E-state index contributed by atoms with van der Waals surface area (Å²) < 4.78 is 1.81. The number of hydrogen-bond acceptors (Lipinski definition) is 4. The number of aryl methyl sites for hydroxylation is 1. The zero-order valence-electron chi connectivity index (χ0n) is 8.40. The first-order chi connectivity index (χ1) is 6.74. The fourth-order valence-electron chi connectivity index (χ4n) is 1.30. The zero-order chi connectivity index (χ0) is 9.97. The van der Waals surface area contributed by atoms with Crippen molar-refractivity contribution in [2.45, 2.75) is 18.7 Å². The monoisotopic (exact) mass is 210 g/mol. The minimum absolute atomic E-state index is 0.612. The summed E-state index contributed by atoms with van der Waals surface area (Å²) in [6.45, 7) is 3.87. The maximum atomic E-state index is 4.37. The third-order valence-corrected chi connectivity index (χ3v) is 3.04. The Morgan fingerprint density at radius 3 is 3.14 bits per heavy atom. The van der Waals surface area contributed by atoms with Crippen LogP contribution >= 0.6 is 11.8 Å². The van der Waals surface area contributed by atoms with Crippen molar-refractivity contribution in [3.05, 3.63) is 18.0 Å². The molecule has 0 saturated carbocycles. The Hall–Kier alpha value is -0.970. The Bertz CT molecular complexity index is 344. The molecule has 0 spiro atoms. The number of aromatic nitrogens is 2. The Labute approximate surface area is 87.8 Å². The van der Waals surface area contributed by atoms with Crippen LogP contribution in [0, 0.1) is 0 Å². The van der Waals surface area contributed by atoms with Gasteiger partial charge in [0.2, 0.25) is 0 Å². The van der Waals surface area contributed by atoms with Crippen molar-refractivity contribution >= 4 is 16.9 Å². The maximum Gasteiger partial charge on any atom is 0.157 e. The van der Waals surface area contributed by atoms with Gasteiger partial charge >= 0.3 is 0 Å². The summed E-state index contributed by atoms with van der Waals surface area (Å²) in [6.07, 6.45) is 1.95. The molecule has 1 unspecified atom stereocenters. The number of aliphatic imine (C=N–C) groups is 1. The van der Waals surface area contributed by atoms with Gasteiger partial charge in [0.05, 0.1) is 18.8 Å². The molecular formula is C9H14N4S. The van der Waals surface area contributed by atoms with Crippen molar-refractivity contribution in [3.8, 4) is 0 Å². The highest BCUT2D eigenvalue weighted by Gasteiger charge is 2.14. The molecule has 0 radical (unpaired) electrons.